The quantitative estimate of drug-likeness (QED) is 0.666. The van der Waals surface area contributed by atoms with E-state index in [0.717, 1.165) is 17.7 Å². The highest BCUT2D eigenvalue weighted by atomic mass is 16.3. The van der Waals surface area contributed by atoms with E-state index in [1.165, 1.54) is 0 Å². The van der Waals surface area contributed by atoms with E-state index < -0.39 is 0 Å². The Hall–Kier alpha value is -0.860. The molecule has 0 aliphatic rings. The van der Waals surface area contributed by atoms with Crippen molar-refractivity contribution in [2.75, 3.05) is 14.1 Å². The largest absolute Gasteiger partial charge is 0.305 e. The van der Waals surface area contributed by atoms with Crippen molar-refractivity contribution in [3.63, 3.8) is 0 Å². The molecule has 1 radical (unpaired) electrons. The van der Waals surface area contributed by atoms with E-state index in [2.05, 4.69) is 4.90 Å². The lowest BCUT2D eigenvalue weighted by Gasteiger charge is -2.11. The Morgan fingerprint density at radius 3 is 2.25 bits per heavy atom. The Labute approximate surface area is 73.4 Å². The van der Waals surface area contributed by atoms with E-state index in [1.807, 2.05) is 38.4 Å². The first-order valence-corrected chi connectivity index (χ1v) is 4.03. The molecule has 12 heavy (non-hydrogen) atoms. The zero-order valence-electron chi connectivity index (χ0n) is 7.58. The third-order valence-corrected chi connectivity index (χ3v) is 1.76. The van der Waals surface area contributed by atoms with E-state index in [-0.39, 0.29) is 6.61 Å². The maximum Gasteiger partial charge on any atom is 0.108 e. The fourth-order valence-corrected chi connectivity index (χ4v) is 1.19. The van der Waals surface area contributed by atoms with Crippen molar-refractivity contribution in [1.29, 1.82) is 0 Å². The van der Waals surface area contributed by atoms with Crippen LogP contribution >= 0.6 is 0 Å². The lowest BCUT2D eigenvalue weighted by Crippen LogP contribution is -2.12. The molecule has 0 aromatic heterocycles. The summed E-state index contributed by atoms with van der Waals surface area (Å²) in [7, 11) is 4.00. The van der Waals surface area contributed by atoms with Gasteiger partial charge in [0.1, 0.15) is 6.61 Å². The standard InChI is InChI=1S/C10H14NO/c1-11(2)7-9-5-3-4-6-10(9)8-12/h3-6H,7-8H2,1-2H3. The zero-order chi connectivity index (χ0) is 8.97. The van der Waals surface area contributed by atoms with Crippen LogP contribution in [0.4, 0.5) is 0 Å². The van der Waals surface area contributed by atoms with Crippen LogP contribution in [0.5, 0.6) is 0 Å². The Morgan fingerprint density at radius 1 is 1.17 bits per heavy atom. The molecule has 1 aromatic rings. The minimum Gasteiger partial charge on any atom is -0.305 e. The molecule has 0 aliphatic carbocycles. The van der Waals surface area contributed by atoms with Crippen LogP contribution < -0.4 is 0 Å². The van der Waals surface area contributed by atoms with Gasteiger partial charge in [-0.1, -0.05) is 24.3 Å². The maximum atomic E-state index is 10.7. The van der Waals surface area contributed by atoms with Crippen molar-refractivity contribution in [1.82, 2.24) is 4.90 Å². The Morgan fingerprint density at radius 2 is 1.75 bits per heavy atom. The molecule has 0 heterocycles. The molecule has 1 aromatic carbocycles. The average Bonchev–Trinajstić information content (AvgIpc) is 2.04. The van der Waals surface area contributed by atoms with Crippen LogP contribution in [-0.4, -0.2) is 19.0 Å². The summed E-state index contributed by atoms with van der Waals surface area (Å²) in [5.74, 6) is 0. The van der Waals surface area contributed by atoms with Crippen molar-refractivity contribution in [2.45, 2.75) is 13.2 Å². The van der Waals surface area contributed by atoms with Gasteiger partial charge >= 0.3 is 0 Å². The van der Waals surface area contributed by atoms with E-state index >= 15 is 0 Å². The summed E-state index contributed by atoms with van der Waals surface area (Å²) in [6, 6.07) is 7.78. The molecule has 65 valence electrons. The van der Waals surface area contributed by atoms with Crippen LogP contribution in [0.1, 0.15) is 11.1 Å². The van der Waals surface area contributed by atoms with Crippen LogP contribution in [0.15, 0.2) is 24.3 Å². The molecular formula is C10H14NO. The predicted octanol–water partition coefficient (Wildman–Crippen LogP) is 1.68. The first-order chi connectivity index (χ1) is 5.74. The van der Waals surface area contributed by atoms with Crippen molar-refractivity contribution >= 4 is 0 Å². The molecule has 2 nitrogen and oxygen atoms in total. The lowest BCUT2D eigenvalue weighted by atomic mass is 10.1. The molecular weight excluding hydrogens is 150 g/mol. The van der Waals surface area contributed by atoms with Gasteiger partial charge in [0.05, 0.1) is 0 Å². The normalized spacial score (nSPS) is 10.7. The molecule has 0 atom stereocenters. The number of hydrogen-bond donors (Lipinski definition) is 0. The van der Waals surface area contributed by atoms with Gasteiger partial charge in [-0.25, -0.2) is 5.11 Å². The van der Waals surface area contributed by atoms with E-state index in [0.29, 0.717) is 0 Å². The van der Waals surface area contributed by atoms with E-state index in [9.17, 15) is 5.11 Å². The van der Waals surface area contributed by atoms with Crippen molar-refractivity contribution in [3.8, 4) is 0 Å². The molecule has 0 N–H and O–H groups in total. The summed E-state index contributed by atoms with van der Waals surface area (Å²) in [5, 5.41) is 10.7. The minimum absolute atomic E-state index is 0.121. The summed E-state index contributed by atoms with van der Waals surface area (Å²) in [5.41, 5.74) is 2.05. The highest BCUT2D eigenvalue weighted by molar-refractivity contribution is 5.26. The average molecular weight is 164 g/mol. The second-order valence-corrected chi connectivity index (χ2v) is 3.15. The van der Waals surface area contributed by atoms with Gasteiger partial charge in [-0.05, 0) is 25.2 Å². The zero-order valence-corrected chi connectivity index (χ0v) is 7.58. The molecule has 1 rings (SSSR count). The molecule has 0 saturated carbocycles. The molecule has 0 saturated heterocycles. The highest BCUT2D eigenvalue weighted by Crippen LogP contribution is 2.09. The molecule has 0 fully saturated rings. The third kappa shape index (κ3) is 2.32. The highest BCUT2D eigenvalue weighted by Gasteiger charge is 2.00. The van der Waals surface area contributed by atoms with Crippen LogP contribution in [0.25, 0.3) is 0 Å². The van der Waals surface area contributed by atoms with Gasteiger partial charge < -0.3 is 4.90 Å². The minimum atomic E-state index is -0.121. The number of hydrogen-bond acceptors (Lipinski definition) is 1. The first kappa shape index (κ1) is 9.23. The van der Waals surface area contributed by atoms with Gasteiger partial charge in [-0.15, -0.1) is 0 Å². The fraction of sp³-hybridized carbons (Fsp3) is 0.400. The van der Waals surface area contributed by atoms with Gasteiger partial charge in [0.15, 0.2) is 0 Å². The summed E-state index contributed by atoms with van der Waals surface area (Å²) in [6.45, 7) is 0.725. The Balaban J connectivity index is 2.82. The number of benzene rings is 1. The van der Waals surface area contributed by atoms with Crippen LogP contribution in [0.3, 0.4) is 0 Å². The SMILES string of the molecule is CN(C)Cc1ccccc1C[O]. The van der Waals surface area contributed by atoms with Gasteiger partial charge in [0.25, 0.3) is 0 Å². The summed E-state index contributed by atoms with van der Waals surface area (Å²) in [4.78, 5) is 2.06. The number of rotatable bonds is 3. The summed E-state index contributed by atoms with van der Waals surface area (Å²) in [6.07, 6.45) is 0. The second kappa shape index (κ2) is 4.24. The molecule has 0 bridgehead atoms. The third-order valence-electron chi connectivity index (χ3n) is 1.76. The lowest BCUT2D eigenvalue weighted by molar-refractivity contribution is 0.176. The topological polar surface area (TPSA) is 23.1 Å². The first-order valence-electron chi connectivity index (χ1n) is 4.03. The van der Waals surface area contributed by atoms with Crippen molar-refractivity contribution < 1.29 is 5.11 Å². The van der Waals surface area contributed by atoms with Gasteiger partial charge in [0.2, 0.25) is 0 Å². The summed E-state index contributed by atoms with van der Waals surface area (Å²) >= 11 is 0. The fourth-order valence-electron chi connectivity index (χ4n) is 1.19. The Bertz CT molecular complexity index is 245. The molecule has 2 heteroatoms. The predicted molar refractivity (Wildman–Crippen MR) is 48.2 cm³/mol. The Kier molecular flexibility index (Phi) is 3.26. The van der Waals surface area contributed by atoms with Crippen LogP contribution in [-0.2, 0) is 18.3 Å². The van der Waals surface area contributed by atoms with Gasteiger partial charge in [-0.2, -0.15) is 0 Å². The van der Waals surface area contributed by atoms with Gasteiger partial charge in [-0.3, -0.25) is 0 Å². The van der Waals surface area contributed by atoms with E-state index in [4.69, 9.17) is 0 Å². The van der Waals surface area contributed by atoms with Gasteiger partial charge in [0, 0.05) is 6.54 Å². The van der Waals surface area contributed by atoms with Crippen LogP contribution in [0.2, 0.25) is 0 Å². The smallest absolute Gasteiger partial charge is 0.108 e. The second-order valence-electron chi connectivity index (χ2n) is 3.15. The monoisotopic (exact) mass is 164 g/mol. The van der Waals surface area contributed by atoms with Crippen molar-refractivity contribution in [3.05, 3.63) is 35.4 Å². The molecule has 0 amide bonds. The molecule has 0 aliphatic heterocycles. The van der Waals surface area contributed by atoms with Crippen LogP contribution in [0, 0.1) is 0 Å². The number of nitrogens with zero attached hydrogens (tertiary/aromatic N) is 1. The van der Waals surface area contributed by atoms with Crippen molar-refractivity contribution in [2.24, 2.45) is 0 Å². The maximum absolute atomic E-state index is 10.7. The van der Waals surface area contributed by atoms with E-state index in [1.54, 1.807) is 0 Å². The summed E-state index contributed by atoms with van der Waals surface area (Å²) < 4.78 is 0. The molecule has 0 unspecified atom stereocenters. The molecule has 0 spiro atoms.